The number of nitrogens with zero attached hydrogens (tertiary/aromatic N) is 1. The van der Waals surface area contributed by atoms with Crippen molar-refractivity contribution in [3.05, 3.63) is 0 Å². The lowest BCUT2D eigenvalue weighted by Crippen LogP contribution is -2.44. The van der Waals surface area contributed by atoms with Crippen molar-refractivity contribution in [1.82, 2.24) is 4.90 Å². The SMILES string of the molecule is CCCN(CCC)C1CCC(C)(C)C1O. The summed E-state index contributed by atoms with van der Waals surface area (Å²) in [6.07, 6.45) is 4.54. The van der Waals surface area contributed by atoms with Gasteiger partial charge in [0.15, 0.2) is 0 Å². The van der Waals surface area contributed by atoms with Crippen molar-refractivity contribution in [3.8, 4) is 0 Å². The summed E-state index contributed by atoms with van der Waals surface area (Å²) in [4.78, 5) is 2.49. The maximum absolute atomic E-state index is 10.3. The van der Waals surface area contributed by atoms with Crippen LogP contribution in [0, 0.1) is 5.41 Å². The highest BCUT2D eigenvalue weighted by atomic mass is 16.3. The van der Waals surface area contributed by atoms with Gasteiger partial charge in [-0.15, -0.1) is 0 Å². The van der Waals surface area contributed by atoms with Crippen molar-refractivity contribution in [2.45, 2.75) is 65.5 Å². The molecule has 15 heavy (non-hydrogen) atoms. The van der Waals surface area contributed by atoms with Gasteiger partial charge < -0.3 is 5.11 Å². The average Bonchev–Trinajstić information content (AvgIpc) is 2.43. The van der Waals surface area contributed by atoms with Crippen LogP contribution in [0.5, 0.6) is 0 Å². The minimum Gasteiger partial charge on any atom is -0.391 e. The molecule has 1 fully saturated rings. The highest BCUT2D eigenvalue weighted by Crippen LogP contribution is 2.39. The van der Waals surface area contributed by atoms with Crippen molar-refractivity contribution in [2.75, 3.05) is 13.1 Å². The van der Waals surface area contributed by atoms with Crippen LogP contribution in [0.1, 0.15) is 53.4 Å². The Morgan fingerprint density at radius 3 is 2.07 bits per heavy atom. The van der Waals surface area contributed by atoms with E-state index < -0.39 is 0 Å². The Morgan fingerprint density at radius 2 is 1.73 bits per heavy atom. The third-order valence-electron chi connectivity index (χ3n) is 3.74. The summed E-state index contributed by atoms with van der Waals surface area (Å²) in [5.41, 5.74) is 0.115. The van der Waals surface area contributed by atoms with Crippen LogP contribution in [0.2, 0.25) is 0 Å². The fourth-order valence-electron chi connectivity index (χ4n) is 2.75. The lowest BCUT2D eigenvalue weighted by atomic mass is 9.88. The van der Waals surface area contributed by atoms with Gasteiger partial charge in [0.1, 0.15) is 0 Å². The smallest absolute Gasteiger partial charge is 0.0746 e. The van der Waals surface area contributed by atoms with Crippen molar-refractivity contribution in [3.63, 3.8) is 0 Å². The van der Waals surface area contributed by atoms with Crippen LogP contribution in [0.4, 0.5) is 0 Å². The van der Waals surface area contributed by atoms with Gasteiger partial charge in [0.05, 0.1) is 6.10 Å². The van der Waals surface area contributed by atoms with Gasteiger partial charge in [-0.05, 0) is 44.2 Å². The molecule has 0 saturated heterocycles. The van der Waals surface area contributed by atoms with Gasteiger partial charge in [-0.25, -0.2) is 0 Å². The minimum atomic E-state index is -0.143. The molecule has 2 atom stereocenters. The van der Waals surface area contributed by atoms with E-state index in [0.29, 0.717) is 6.04 Å². The number of aliphatic hydroxyl groups excluding tert-OH is 1. The van der Waals surface area contributed by atoms with E-state index in [1.165, 1.54) is 12.8 Å². The molecular weight excluding hydrogens is 186 g/mol. The number of hydrogen-bond donors (Lipinski definition) is 1. The molecule has 1 aliphatic rings. The molecule has 1 N–H and O–H groups in total. The maximum atomic E-state index is 10.3. The molecule has 0 heterocycles. The number of hydrogen-bond acceptors (Lipinski definition) is 2. The van der Waals surface area contributed by atoms with Gasteiger partial charge in [-0.3, -0.25) is 4.90 Å². The van der Waals surface area contributed by atoms with Gasteiger partial charge in [-0.1, -0.05) is 27.7 Å². The second-order valence-electron chi connectivity index (χ2n) is 5.58. The molecule has 0 spiro atoms. The molecule has 1 aliphatic carbocycles. The monoisotopic (exact) mass is 213 g/mol. The van der Waals surface area contributed by atoms with Crippen molar-refractivity contribution >= 4 is 0 Å². The van der Waals surface area contributed by atoms with Crippen molar-refractivity contribution in [1.29, 1.82) is 0 Å². The zero-order chi connectivity index (χ0) is 11.5. The largest absolute Gasteiger partial charge is 0.391 e. The molecule has 0 aromatic heterocycles. The highest BCUT2D eigenvalue weighted by molar-refractivity contribution is 4.96. The first kappa shape index (κ1) is 13.0. The average molecular weight is 213 g/mol. The lowest BCUT2D eigenvalue weighted by Gasteiger charge is -2.33. The molecule has 2 heteroatoms. The summed E-state index contributed by atoms with van der Waals surface area (Å²) in [7, 11) is 0. The molecule has 2 unspecified atom stereocenters. The Kier molecular flexibility index (Phi) is 4.60. The van der Waals surface area contributed by atoms with E-state index in [0.717, 1.165) is 25.9 Å². The third kappa shape index (κ3) is 2.94. The minimum absolute atomic E-state index is 0.115. The lowest BCUT2D eigenvalue weighted by molar-refractivity contribution is 0.0145. The molecule has 2 nitrogen and oxygen atoms in total. The summed E-state index contributed by atoms with van der Waals surface area (Å²) in [5, 5.41) is 10.3. The van der Waals surface area contributed by atoms with E-state index in [4.69, 9.17) is 0 Å². The molecule has 90 valence electrons. The van der Waals surface area contributed by atoms with Gasteiger partial charge >= 0.3 is 0 Å². The van der Waals surface area contributed by atoms with Gasteiger partial charge in [0, 0.05) is 6.04 Å². The first-order valence-electron chi connectivity index (χ1n) is 6.45. The summed E-state index contributed by atoms with van der Waals surface area (Å²) >= 11 is 0. The van der Waals surface area contributed by atoms with E-state index in [1.807, 2.05) is 0 Å². The van der Waals surface area contributed by atoms with Gasteiger partial charge in [0.2, 0.25) is 0 Å². The maximum Gasteiger partial charge on any atom is 0.0746 e. The van der Waals surface area contributed by atoms with Crippen LogP contribution in [-0.2, 0) is 0 Å². The number of aliphatic hydroxyl groups is 1. The molecule has 0 bridgehead atoms. The van der Waals surface area contributed by atoms with Crippen LogP contribution in [0.15, 0.2) is 0 Å². The van der Waals surface area contributed by atoms with Crippen LogP contribution in [0.3, 0.4) is 0 Å². The predicted molar refractivity (Wildman–Crippen MR) is 65.0 cm³/mol. The predicted octanol–water partition coefficient (Wildman–Crippen LogP) is 2.66. The molecule has 0 aliphatic heterocycles. The fraction of sp³-hybridized carbons (Fsp3) is 1.00. The van der Waals surface area contributed by atoms with Crippen molar-refractivity contribution in [2.24, 2.45) is 5.41 Å². The Hall–Kier alpha value is -0.0800. The zero-order valence-corrected chi connectivity index (χ0v) is 10.8. The quantitative estimate of drug-likeness (QED) is 0.759. The molecule has 1 saturated carbocycles. The molecule has 0 radical (unpaired) electrons. The fourth-order valence-corrected chi connectivity index (χ4v) is 2.75. The first-order chi connectivity index (χ1) is 7.03. The third-order valence-corrected chi connectivity index (χ3v) is 3.74. The standard InChI is InChI=1S/C13H27NO/c1-5-9-14(10-6-2)11-7-8-13(3,4)12(11)15/h11-12,15H,5-10H2,1-4H3. The summed E-state index contributed by atoms with van der Waals surface area (Å²) < 4.78 is 0. The zero-order valence-electron chi connectivity index (χ0n) is 10.8. The molecule has 0 aromatic rings. The van der Waals surface area contributed by atoms with E-state index in [2.05, 4.69) is 32.6 Å². The van der Waals surface area contributed by atoms with Crippen LogP contribution >= 0.6 is 0 Å². The molecule has 0 amide bonds. The Morgan fingerprint density at radius 1 is 1.20 bits per heavy atom. The first-order valence-corrected chi connectivity index (χ1v) is 6.45. The molecular formula is C13H27NO. The topological polar surface area (TPSA) is 23.5 Å². The second-order valence-corrected chi connectivity index (χ2v) is 5.58. The van der Waals surface area contributed by atoms with E-state index in [-0.39, 0.29) is 11.5 Å². The summed E-state index contributed by atoms with van der Waals surface area (Å²) in [6, 6.07) is 0.403. The van der Waals surface area contributed by atoms with Gasteiger partial charge in [-0.2, -0.15) is 0 Å². The summed E-state index contributed by atoms with van der Waals surface area (Å²) in [5.74, 6) is 0. The van der Waals surface area contributed by atoms with Gasteiger partial charge in [0.25, 0.3) is 0 Å². The summed E-state index contributed by atoms with van der Waals surface area (Å²) in [6.45, 7) is 11.1. The number of rotatable bonds is 5. The van der Waals surface area contributed by atoms with Crippen LogP contribution in [0.25, 0.3) is 0 Å². The Balaban J connectivity index is 2.60. The van der Waals surface area contributed by atoms with Crippen molar-refractivity contribution < 1.29 is 5.11 Å². The van der Waals surface area contributed by atoms with Crippen LogP contribution < -0.4 is 0 Å². The Labute approximate surface area is 94.7 Å². The van der Waals surface area contributed by atoms with Crippen LogP contribution in [-0.4, -0.2) is 35.2 Å². The highest BCUT2D eigenvalue weighted by Gasteiger charge is 2.42. The van der Waals surface area contributed by atoms with E-state index >= 15 is 0 Å². The molecule has 0 aromatic carbocycles. The Bertz CT molecular complexity index is 185. The normalized spacial score (nSPS) is 30.0. The van der Waals surface area contributed by atoms with E-state index in [1.54, 1.807) is 0 Å². The van der Waals surface area contributed by atoms with E-state index in [9.17, 15) is 5.11 Å². The molecule has 1 rings (SSSR count). The second kappa shape index (κ2) is 5.31.